The number of nitrogens with two attached hydrogens (primary N) is 1. The standard InChI is InChI=1S/C7H12ClN3O/c1-4(9)3-5-6(8)7(12)10-11(5)2/h4H,3,9H2,1-2H3,(H,10,12). The summed E-state index contributed by atoms with van der Waals surface area (Å²) in [6, 6.07) is 0.00361. The second-order valence-electron chi connectivity index (χ2n) is 2.94. The van der Waals surface area contributed by atoms with Crippen molar-refractivity contribution in [1.82, 2.24) is 9.78 Å². The van der Waals surface area contributed by atoms with E-state index < -0.39 is 0 Å². The predicted octanol–water partition coefficient (Wildman–Crippen LogP) is 0.256. The minimum atomic E-state index is -0.255. The van der Waals surface area contributed by atoms with Gasteiger partial charge in [-0.25, -0.2) is 0 Å². The summed E-state index contributed by atoms with van der Waals surface area (Å²) >= 11 is 5.74. The summed E-state index contributed by atoms with van der Waals surface area (Å²) in [6.45, 7) is 1.87. The highest BCUT2D eigenvalue weighted by Crippen LogP contribution is 2.10. The van der Waals surface area contributed by atoms with E-state index in [1.165, 1.54) is 0 Å². The Balaban J connectivity index is 3.05. The molecule has 0 amide bonds. The third-order valence-electron chi connectivity index (χ3n) is 1.64. The van der Waals surface area contributed by atoms with Gasteiger partial charge in [0.05, 0.1) is 5.69 Å². The summed E-state index contributed by atoms with van der Waals surface area (Å²) in [5.74, 6) is 0. The Hall–Kier alpha value is -0.740. The Kier molecular flexibility index (Phi) is 2.59. The molecule has 1 aromatic heterocycles. The van der Waals surface area contributed by atoms with Gasteiger partial charge in [0.25, 0.3) is 5.56 Å². The molecule has 0 saturated heterocycles. The van der Waals surface area contributed by atoms with Gasteiger partial charge in [-0.2, -0.15) is 0 Å². The molecule has 1 heterocycles. The van der Waals surface area contributed by atoms with Crippen LogP contribution in [0.15, 0.2) is 4.79 Å². The SMILES string of the molecule is CC(N)Cc1c(Cl)c(=O)[nH]n1C. The minimum absolute atomic E-state index is 0.00361. The lowest BCUT2D eigenvalue weighted by molar-refractivity contribution is 0.648. The third kappa shape index (κ3) is 1.70. The Bertz CT molecular complexity index is 326. The normalized spacial score (nSPS) is 13.3. The van der Waals surface area contributed by atoms with Crippen molar-refractivity contribution in [2.45, 2.75) is 19.4 Å². The summed E-state index contributed by atoms with van der Waals surface area (Å²) in [5, 5.41) is 2.80. The van der Waals surface area contributed by atoms with Gasteiger partial charge >= 0.3 is 0 Å². The third-order valence-corrected chi connectivity index (χ3v) is 2.03. The van der Waals surface area contributed by atoms with Crippen LogP contribution in [0.4, 0.5) is 0 Å². The molecule has 0 spiro atoms. The first-order chi connectivity index (χ1) is 5.52. The van der Waals surface area contributed by atoms with Crippen molar-refractivity contribution < 1.29 is 0 Å². The second-order valence-corrected chi connectivity index (χ2v) is 3.32. The van der Waals surface area contributed by atoms with Gasteiger partial charge in [0.2, 0.25) is 0 Å². The lowest BCUT2D eigenvalue weighted by Gasteiger charge is -2.05. The molecule has 0 fully saturated rings. The molecule has 0 aromatic carbocycles. The molecule has 1 rings (SSSR count). The zero-order valence-corrected chi connectivity index (χ0v) is 7.85. The fourth-order valence-electron chi connectivity index (χ4n) is 1.08. The van der Waals surface area contributed by atoms with Crippen molar-refractivity contribution in [3.05, 3.63) is 21.1 Å². The molecule has 0 aliphatic carbocycles. The number of nitrogens with one attached hydrogen (secondary N) is 1. The van der Waals surface area contributed by atoms with Gasteiger partial charge in [0, 0.05) is 19.5 Å². The van der Waals surface area contributed by atoms with Gasteiger partial charge in [0.15, 0.2) is 0 Å². The van der Waals surface area contributed by atoms with Crippen molar-refractivity contribution in [2.75, 3.05) is 0 Å². The molecule has 12 heavy (non-hydrogen) atoms. The number of nitrogens with zero attached hydrogens (tertiary/aromatic N) is 1. The Morgan fingerprint density at radius 3 is 2.67 bits per heavy atom. The molecular formula is C7H12ClN3O. The summed E-state index contributed by atoms with van der Waals surface area (Å²) < 4.78 is 1.61. The molecule has 3 N–H and O–H groups in total. The van der Waals surface area contributed by atoms with Crippen LogP contribution in [0, 0.1) is 0 Å². The molecule has 1 aromatic rings. The van der Waals surface area contributed by atoms with Crippen LogP contribution in [0.3, 0.4) is 0 Å². The van der Waals surface area contributed by atoms with Gasteiger partial charge in [0.1, 0.15) is 5.02 Å². The van der Waals surface area contributed by atoms with Crippen molar-refractivity contribution in [2.24, 2.45) is 12.8 Å². The largest absolute Gasteiger partial charge is 0.328 e. The molecular weight excluding hydrogens is 178 g/mol. The highest BCUT2D eigenvalue weighted by atomic mass is 35.5. The number of halogens is 1. The quantitative estimate of drug-likeness (QED) is 0.701. The number of hydrogen-bond donors (Lipinski definition) is 2. The van der Waals surface area contributed by atoms with Crippen molar-refractivity contribution in [3.63, 3.8) is 0 Å². The van der Waals surface area contributed by atoms with Crippen LogP contribution < -0.4 is 11.3 Å². The number of aromatic amines is 1. The van der Waals surface area contributed by atoms with E-state index in [4.69, 9.17) is 17.3 Å². The van der Waals surface area contributed by atoms with Crippen molar-refractivity contribution in [3.8, 4) is 0 Å². The van der Waals surface area contributed by atoms with Gasteiger partial charge in [-0.1, -0.05) is 11.6 Å². The average Bonchev–Trinajstić information content (AvgIpc) is 2.16. The molecule has 4 nitrogen and oxygen atoms in total. The monoisotopic (exact) mass is 189 g/mol. The van der Waals surface area contributed by atoms with E-state index in [1.54, 1.807) is 11.7 Å². The molecule has 0 aliphatic heterocycles. The number of hydrogen-bond acceptors (Lipinski definition) is 2. The molecule has 0 saturated carbocycles. The predicted molar refractivity (Wildman–Crippen MR) is 48.4 cm³/mol. The zero-order valence-electron chi connectivity index (χ0n) is 7.10. The van der Waals surface area contributed by atoms with Crippen LogP contribution in [0.1, 0.15) is 12.6 Å². The van der Waals surface area contributed by atoms with Crippen LogP contribution in [0.2, 0.25) is 5.02 Å². The lowest BCUT2D eigenvalue weighted by Crippen LogP contribution is -2.19. The maximum Gasteiger partial charge on any atom is 0.283 e. The van der Waals surface area contributed by atoms with Crippen LogP contribution in [0.5, 0.6) is 0 Å². The number of H-pyrrole nitrogens is 1. The lowest BCUT2D eigenvalue weighted by atomic mass is 10.2. The van der Waals surface area contributed by atoms with Crippen molar-refractivity contribution in [1.29, 1.82) is 0 Å². The molecule has 0 aliphatic rings. The van der Waals surface area contributed by atoms with Crippen LogP contribution in [0.25, 0.3) is 0 Å². The van der Waals surface area contributed by atoms with E-state index >= 15 is 0 Å². The van der Waals surface area contributed by atoms with Crippen LogP contribution in [-0.2, 0) is 13.5 Å². The molecule has 68 valence electrons. The molecule has 5 heteroatoms. The Labute approximate surface area is 75.3 Å². The summed E-state index contributed by atoms with van der Waals surface area (Å²) in [5.41, 5.74) is 6.09. The molecule has 0 bridgehead atoms. The van der Waals surface area contributed by atoms with Crippen molar-refractivity contribution >= 4 is 11.6 Å². The summed E-state index contributed by atoms with van der Waals surface area (Å²) in [6.07, 6.45) is 0.605. The highest BCUT2D eigenvalue weighted by Gasteiger charge is 2.11. The molecule has 1 atom stereocenters. The summed E-state index contributed by atoms with van der Waals surface area (Å²) in [7, 11) is 1.74. The fourth-order valence-corrected chi connectivity index (χ4v) is 1.32. The maximum atomic E-state index is 11.0. The first kappa shape index (κ1) is 9.35. The van der Waals surface area contributed by atoms with Gasteiger partial charge < -0.3 is 5.73 Å². The fraction of sp³-hybridized carbons (Fsp3) is 0.571. The first-order valence-corrected chi connectivity index (χ1v) is 4.09. The van der Waals surface area contributed by atoms with Crippen LogP contribution >= 0.6 is 11.6 Å². The minimum Gasteiger partial charge on any atom is -0.328 e. The zero-order chi connectivity index (χ0) is 9.30. The van der Waals surface area contributed by atoms with E-state index in [0.717, 1.165) is 5.69 Å². The van der Waals surface area contributed by atoms with E-state index in [1.807, 2.05) is 6.92 Å². The molecule has 1 unspecified atom stereocenters. The Morgan fingerprint density at radius 1 is 1.75 bits per heavy atom. The van der Waals surface area contributed by atoms with E-state index in [-0.39, 0.29) is 16.6 Å². The van der Waals surface area contributed by atoms with E-state index in [9.17, 15) is 4.79 Å². The first-order valence-electron chi connectivity index (χ1n) is 3.71. The number of aromatic nitrogens is 2. The second kappa shape index (κ2) is 3.33. The van der Waals surface area contributed by atoms with Crippen LogP contribution in [-0.4, -0.2) is 15.8 Å². The smallest absolute Gasteiger partial charge is 0.283 e. The summed E-state index contributed by atoms with van der Waals surface area (Å²) in [4.78, 5) is 11.0. The van der Waals surface area contributed by atoms with Gasteiger partial charge in [-0.15, -0.1) is 0 Å². The van der Waals surface area contributed by atoms with Gasteiger partial charge in [-0.05, 0) is 6.92 Å². The number of rotatable bonds is 2. The van der Waals surface area contributed by atoms with Gasteiger partial charge in [-0.3, -0.25) is 14.6 Å². The topological polar surface area (TPSA) is 63.8 Å². The highest BCUT2D eigenvalue weighted by molar-refractivity contribution is 6.31. The molecule has 0 radical (unpaired) electrons. The average molecular weight is 190 g/mol. The number of aryl methyl sites for hydroxylation is 1. The Morgan fingerprint density at radius 2 is 2.33 bits per heavy atom. The van der Waals surface area contributed by atoms with E-state index in [2.05, 4.69) is 5.10 Å². The maximum absolute atomic E-state index is 11.0. The van der Waals surface area contributed by atoms with E-state index in [0.29, 0.717) is 6.42 Å².